The van der Waals surface area contributed by atoms with Gasteiger partial charge >= 0.3 is 0 Å². The average molecular weight is 237 g/mol. The smallest absolute Gasteiger partial charge is 0.260 e. The molecule has 1 aliphatic rings. The molecule has 0 saturated carbocycles. The quantitative estimate of drug-likeness (QED) is 0.741. The van der Waals surface area contributed by atoms with E-state index in [1.165, 1.54) is 6.33 Å². The molecule has 0 radical (unpaired) electrons. The van der Waals surface area contributed by atoms with Gasteiger partial charge in [-0.2, -0.15) is 0 Å². The summed E-state index contributed by atoms with van der Waals surface area (Å²) in [5.74, 6) is 0.392. The van der Waals surface area contributed by atoms with Gasteiger partial charge in [-0.25, -0.2) is 9.97 Å². The predicted octanol–water partition coefficient (Wildman–Crippen LogP) is 0.0226. The highest BCUT2D eigenvalue weighted by Gasteiger charge is 2.17. The van der Waals surface area contributed by atoms with Crippen LogP contribution in [0.1, 0.15) is 5.69 Å². The van der Waals surface area contributed by atoms with Crippen LogP contribution in [0.25, 0.3) is 0 Å². The minimum Gasteiger partial charge on any atom is -0.467 e. The lowest BCUT2D eigenvalue weighted by Gasteiger charge is -2.26. The Hall–Kier alpha value is -1.69. The molecule has 0 bridgehead atoms. The number of hydrogen-bond acceptors (Lipinski definition) is 5. The number of morpholine rings is 1. The Morgan fingerprint density at radius 2 is 2.24 bits per heavy atom. The van der Waals surface area contributed by atoms with E-state index >= 15 is 0 Å². The van der Waals surface area contributed by atoms with E-state index in [1.807, 2.05) is 6.92 Å². The second-order valence-corrected chi connectivity index (χ2v) is 3.78. The van der Waals surface area contributed by atoms with Crippen LogP contribution < -0.4 is 4.74 Å². The molecule has 17 heavy (non-hydrogen) atoms. The fourth-order valence-corrected chi connectivity index (χ4v) is 1.55. The third kappa shape index (κ3) is 3.39. The monoisotopic (exact) mass is 237 g/mol. The van der Waals surface area contributed by atoms with Gasteiger partial charge in [-0.15, -0.1) is 0 Å². The van der Waals surface area contributed by atoms with E-state index in [2.05, 4.69) is 9.97 Å². The van der Waals surface area contributed by atoms with Crippen molar-refractivity contribution in [2.45, 2.75) is 6.92 Å². The Labute approximate surface area is 99.6 Å². The van der Waals surface area contributed by atoms with Gasteiger partial charge in [0.1, 0.15) is 6.33 Å². The van der Waals surface area contributed by atoms with Gasteiger partial charge in [-0.3, -0.25) is 4.79 Å². The number of aromatic nitrogens is 2. The maximum atomic E-state index is 11.8. The van der Waals surface area contributed by atoms with Gasteiger partial charge in [0.2, 0.25) is 5.88 Å². The molecular weight excluding hydrogens is 222 g/mol. The molecular formula is C11H15N3O3. The topological polar surface area (TPSA) is 64.5 Å². The van der Waals surface area contributed by atoms with Crippen LogP contribution in [0.2, 0.25) is 0 Å². The van der Waals surface area contributed by atoms with Gasteiger partial charge in [0.25, 0.3) is 5.91 Å². The molecule has 1 aliphatic heterocycles. The minimum atomic E-state index is -0.0374. The van der Waals surface area contributed by atoms with E-state index < -0.39 is 0 Å². The summed E-state index contributed by atoms with van der Waals surface area (Å²) in [5, 5.41) is 0. The first-order valence-corrected chi connectivity index (χ1v) is 5.52. The van der Waals surface area contributed by atoms with Gasteiger partial charge < -0.3 is 14.4 Å². The summed E-state index contributed by atoms with van der Waals surface area (Å²) in [5.41, 5.74) is 0.814. The zero-order valence-corrected chi connectivity index (χ0v) is 9.76. The average Bonchev–Trinajstić information content (AvgIpc) is 2.37. The molecule has 0 N–H and O–H groups in total. The molecule has 0 unspecified atom stereocenters. The standard InChI is InChI=1S/C11H15N3O3/c1-9-6-10(13-8-12-9)17-7-11(15)14-2-4-16-5-3-14/h6,8H,2-5,7H2,1H3. The number of amides is 1. The first-order valence-electron chi connectivity index (χ1n) is 5.52. The van der Waals surface area contributed by atoms with E-state index in [4.69, 9.17) is 9.47 Å². The zero-order valence-electron chi connectivity index (χ0n) is 9.76. The molecule has 6 nitrogen and oxygen atoms in total. The second kappa shape index (κ2) is 5.58. The van der Waals surface area contributed by atoms with Crippen molar-refractivity contribution in [3.05, 3.63) is 18.1 Å². The van der Waals surface area contributed by atoms with Crippen LogP contribution in [-0.4, -0.2) is 53.7 Å². The normalized spacial score (nSPS) is 15.7. The Bertz CT molecular complexity index is 391. The molecule has 1 saturated heterocycles. The zero-order chi connectivity index (χ0) is 12.1. The molecule has 6 heteroatoms. The van der Waals surface area contributed by atoms with Crippen molar-refractivity contribution in [2.75, 3.05) is 32.9 Å². The molecule has 1 fully saturated rings. The Balaban J connectivity index is 1.83. The van der Waals surface area contributed by atoms with Gasteiger partial charge in [-0.05, 0) is 6.92 Å². The highest BCUT2D eigenvalue weighted by molar-refractivity contribution is 5.77. The molecule has 1 aromatic rings. The second-order valence-electron chi connectivity index (χ2n) is 3.78. The lowest BCUT2D eigenvalue weighted by atomic mass is 10.4. The molecule has 0 spiro atoms. The fourth-order valence-electron chi connectivity index (χ4n) is 1.55. The summed E-state index contributed by atoms with van der Waals surface area (Å²) in [4.78, 5) is 21.4. The number of carbonyl (C=O) groups is 1. The van der Waals surface area contributed by atoms with E-state index in [0.717, 1.165) is 5.69 Å². The lowest BCUT2D eigenvalue weighted by Crippen LogP contribution is -2.43. The van der Waals surface area contributed by atoms with Crippen LogP contribution in [-0.2, 0) is 9.53 Å². The molecule has 2 rings (SSSR count). The molecule has 0 aliphatic carbocycles. The lowest BCUT2D eigenvalue weighted by molar-refractivity contribution is -0.137. The maximum absolute atomic E-state index is 11.8. The molecule has 1 amide bonds. The number of nitrogens with zero attached hydrogens (tertiary/aromatic N) is 3. The first kappa shape index (κ1) is 11.8. The van der Waals surface area contributed by atoms with Gasteiger partial charge in [-0.1, -0.05) is 0 Å². The maximum Gasteiger partial charge on any atom is 0.260 e. The summed E-state index contributed by atoms with van der Waals surface area (Å²) >= 11 is 0. The van der Waals surface area contributed by atoms with Crippen molar-refractivity contribution in [1.29, 1.82) is 0 Å². The predicted molar refractivity (Wildman–Crippen MR) is 59.7 cm³/mol. The summed E-state index contributed by atoms with van der Waals surface area (Å²) in [7, 11) is 0. The van der Waals surface area contributed by atoms with Crippen molar-refractivity contribution >= 4 is 5.91 Å². The molecule has 0 aromatic carbocycles. The third-order valence-corrected chi connectivity index (χ3v) is 2.49. The molecule has 0 atom stereocenters. The SMILES string of the molecule is Cc1cc(OCC(=O)N2CCOCC2)ncn1. The Kier molecular flexibility index (Phi) is 3.87. The summed E-state index contributed by atoms with van der Waals surface area (Å²) in [6, 6.07) is 1.70. The van der Waals surface area contributed by atoms with Crippen LogP contribution >= 0.6 is 0 Å². The van der Waals surface area contributed by atoms with Crippen LogP contribution in [0.3, 0.4) is 0 Å². The molecule has 92 valence electrons. The highest BCUT2D eigenvalue weighted by atomic mass is 16.5. The number of ether oxygens (including phenoxy) is 2. The first-order chi connectivity index (χ1) is 8.25. The number of aryl methyl sites for hydroxylation is 1. The molecule has 1 aromatic heterocycles. The Morgan fingerprint density at radius 1 is 1.47 bits per heavy atom. The van der Waals surface area contributed by atoms with Gasteiger partial charge in [0, 0.05) is 24.8 Å². The van der Waals surface area contributed by atoms with Crippen molar-refractivity contribution < 1.29 is 14.3 Å². The van der Waals surface area contributed by atoms with Crippen LogP contribution in [0.4, 0.5) is 0 Å². The van der Waals surface area contributed by atoms with Gasteiger partial charge in [0.05, 0.1) is 13.2 Å². The summed E-state index contributed by atoms with van der Waals surface area (Å²) < 4.78 is 10.5. The van der Waals surface area contributed by atoms with Crippen LogP contribution in [0, 0.1) is 6.92 Å². The van der Waals surface area contributed by atoms with Crippen LogP contribution in [0.15, 0.2) is 12.4 Å². The van der Waals surface area contributed by atoms with E-state index in [9.17, 15) is 4.79 Å². The summed E-state index contributed by atoms with van der Waals surface area (Å²) in [6.45, 7) is 4.31. The number of carbonyl (C=O) groups excluding carboxylic acids is 1. The summed E-state index contributed by atoms with van der Waals surface area (Å²) in [6.07, 6.45) is 1.42. The number of rotatable bonds is 3. The van der Waals surface area contributed by atoms with Crippen LogP contribution in [0.5, 0.6) is 5.88 Å². The van der Waals surface area contributed by atoms with E-state index in [0.29, 0.717) is 32.2 Å². The third-order valence-electron chi connectivity index (χ3n) is 2.49. The van der Waals surface area contributed by atoms with Crippen molar-refractivity contribution in [3.63, 3.8) is 0 Å². The Morgan fingerprint density at radius 3 is 2.94 bits per heavy atom. The van der Waals surface area contributed by atoms with E-state index in [-0.39, 0.29) is 12.5 Å². The number of hydrogen-bond donors (Lipinski definition) is 0. The van der Waals surface area contributed by atoms with E-state index in [1.54, 1.807) is 11.0 Å². The largest absolute Gasteiger partial charge is 0.467 e. The highest BCUT2D eigenvalue weighted by Crippen LogP contribution is 2.06. The van der Waals surface area contributed by atoms with Gasteiger partial charge in [0.15, 0.2) is 6.61 Å². The van der Waals surface area contributed by atoms with Crippen molar-refractivity contribution in [2.24, 2.45) is 0 Å². The molecule has 2 heterocycles. The van der Waals surface area contributed by atoms with Crippen molar-refractivity contribution in [3.8, 4) is 5.88 Å². The van der Waals surface area contributed by atoms with Crippen molar-refractivity contribution in [1.82, 2.24) is 14.9 Å². The fraction of sp³-hybridized carbons (Fsp3) is 0.545. The minimum absolute atomic E-state index is 0.0104.